The molecule has 120 valence electrons. The Morgan fingerprint density at radius 3 is 2.96 bits per heavy atom. The monoisotopic (exact) mass is 327 g/mol. The maximum absolute atomic E-state index is 5.79. The molecule has 0 N–H and O–H groups in total. The molecule has 0 atom stereocenters. The average Bonchev–Trinajstić information content (AvgIpc) is 3.18. The highest BCUT2D eigenvalue weighted by Gasteiger charge is 2.05. The quantitative estimate of drug-likeness (QED) is 0.659. The smallest absolute Gasteiger partial charge is 0.119 e. The van der Waals surface area contributed by atoms with Gasteiger partial charge in [0.25, 0.3) is 0 Å². The number of thiophene rings is 1. The second kappa shape index (κ2) is 7.44. The molecule has 0 aliphatic carbocycles. The molecule has 4 nitrogen and oxygen atoms in total. The lowest BCUT2D eigenvalue weighted by Gasteiger charge is -2.17. The Balaban J connectivity index is 1.47. The second-order valence-corrected chi connectivity index (χ2v) is 6.42. The first kappa shape index (κ1) is 15.8. The molecule has 0 fully saturated rings. The molecule has 0 aliphatic rings. The van der Waals surface area contributed by atoms with Gasteiger partial charge in [0.05, 0.1) is 12.4 Å². The van der Waals surface area contributed by atoms with Gasteiger partial charge in [0.2, 0.25) is 0 Å². The molecular weight excluding hydrogens is 306 g/mol. The molecule has 0 bridgehead atoms. The molecule has 0 saturated heterocycles. The minimum absolute atomic E-state index is 0.665. The molecule has 3 rings (SSSR count). The zero-order valence-electron chi connectivity index (χ0n) is 13.5. The fourth-order valence-corrected chi connectivity index (χ4v) is 3.00. The number of aryl methyl sites for hydroxylation is 1. The molecule has 0 amide bonds. The van der Waals surface area contributed by atoms with E-state index in [0.717, 1.165) is 24.7 Å². The van der Waals surface area contributed by atoms with Crippen LogP contribution in [0.1, 0.15) is 5.56 Å². The van der Waals surface area contributed by atoms with Crippen LogP contribution in [0.2, 0.25) is 0 Å². The van der Waals surface area contributed by atoms with Gasteiger partial charge >= 0.3 is 0 Å². The standard InChI is InChI=1S/C18H21N3OS/c1-15-4-3-5-17(12-15)22-10-9-20(2)14-21-8-6-18(19-21)16-7-11-23-13-16/h3-8,11-13H,9-10,14H2,1-2H3. The van der Waals surface area contributed by atoms with Crippen molar-refractivity contribution in [1.82, 2.24) is 14.7 Å². The van der Waals surface area contributed by atoms with E-state index >= 15 is 0 Å². The van der Waals surface area contributed by atoms with Crippen molar-refractivity contribution in [3.8, 4) is 17.0 Å². The van der Waals surface area contributed by atoms with E-state index in [1.54, 1.807) is 11.3 Å². The number of nitrogens with zero attached hydrogens (tertiary/aromatic N) is 3. The van der Waals surface area contributed by atoms with Crippen LogP contribution in [0.3, 0.4) is 0 Å². The Morgan fingerprint density at radius 2 is 2.17 bits per heavy atom. The van der Waals surface area contributed by atoms with Gasteiger partial charge < -0.3 is 4.74 Å². The molecule has 1 aromatic carbocycles. The van der Waals surface area contributed by atoms with Gasteiger partial charge in [0, 0.05) is 23.7 Å². The van der Waals surface area contributed by atoms with Crippen LogP contribution in [0.25, 0.3) is 11.3 Å². The number of hydrogen-bond acceptors (Lipinski definition) is 4. The van der Waals surface area contributed by atoms with E-state index < -0.39 is 0 Å². The molecule has 2 aromatic heterocycles. The summed E-state index contributed by atoms with van der Waals surface area (Å²) in [5.41, 5.74) is 3.42. The lowest BCUT2D eigenvalue weighted by atomic mass is 10.2. The van der Waals surface area contributed by atoms with Crippen LogP contribution in [-0.4, -0.2) is 34.9 Å². The van der Waals surface area contributed by atoms with Gasteiger partial charge in [-0.15, -0.1) is 0 Å². The third kappa shape index (κ3) is 4.43. The summed E-state index contributed by atoms with van der Waals surface area (Å²) >= 11 is 1.69. The molecular formula is C18H21N3OS. The van der Waals surface area contributed by atoms with E-state index in [2.05, 4.69) is 59.0 Å². The molecule has 2 heterocycles. The van der Waals surface area contributed by atoms with Crippen molar-refractivity contribution in [2.24, 2.45) is 0 Å². The summed E-state index contributed by atoms with van der Waals surface area (Å²) in [6, 6.07) is 12.3. The summed E-state index contributed by atoms with van der Waals surface area (Å²) < 4.78 is 7.75. The van der Waals surface area contributed by atoms with E-state index in [9.17, 15) is 0 Å². The van der Waals surface area contributed by atoms with Gasteiger partial charge in [-0.3, -0.25) is 9.58 Å². The SMILES string of the molecule is Cc1cccc(OCCN(C)Cn2ccc(-c3ccsc3)n2)c1. The number of hydrogen-bond donors (Lipinski definition) is 0. The van der Waals surface area contributed by atoms with Crippen molar-refractivity contribution in [3.63, 3.8) is 0 Å². The van der Waals surface area contributed by atoms with E-state index in [1.165, 1.54) is 11.1 Å². The zero-order chi connectivity index (χ0) is 16.1. The zero-order valence-corrected chi connectivity index (χ0v) is 14.3. The Morgan fingerprint density at radius 1 is 1.26 bits per heavy atom. The maximum Gasteiger partial charge on any atom is 0.119 e. The van der Waals surface area contributed by atoms with E-state index in [1.807, 2.05) is 23.0 Å². The van der Waals surface area contributed by atoms with Crippen molar-refractivity contribution in [2.45, 2.75) is 13.6 Å². The fourth-order valence-electron chi connectivity index (χ4n) is 2.35. The van der Waals surface area contributed by atoms with Gasteiger partial charge in [0.1, 0.15) is 12.4 Å². The van der Waals surface area contributed by atoms with Crippen LogP contribution >= 0.6 is 11.3 Å². The van der Waals surface area contributed by atoms with E-state index in [-0.39, 0.29) is 0 Å². The fraction of sp³-hybridized carbons (Fsp3) is 0.278. The molecule has 0 unspecified atom stereocenters. The lowest BCUT2D eigenvalue weighted by Crippen LogP contribution is -2.27. The number of rotatable bonds is 7. The average molecular weight is 327 g/mol. The van der Waals surface area contributed by atoms with Gasteiger partial charge in [-0.2, -0.15) is 16.4 Å². The van der Waals surface area contributed by atoms with Crippen LogP contribution in [0, 0.1) is 6.92 Å². The number of benzene rings is 1. The molecule has 0 spiro atoms. The summed E-state index contributed by atoms with van der Waals surface area (Å²) in [4.78, 5) is 2.19. The van der Waals surface area contributed by atoms with Gasteiger partial charge in [0.15, 0.2) is 0 Å². The summed E-state index contributed by atoms with van der Waals surface area (Å²) in [6.45, 7) is 4.34. The summed E-state index contributed by atoms with van der Waals surface area (Å²) in [5.74, 6) is 0.928. The molecule has 5 heteroatoms. The van der Waals surface area contributed by atoms with Crippen LogP contribution in [-0.2, 0) is 6.67 Å². The predicted molar refractivity (Wildman–Crippen MR) is 94.8 cm³/mol. The van der Waals surface area contributed by atoms with Crippen molar-refractivity contribution in [3.05, 3.63) is 58.9 Å². The number of ether oxygens (including phenoxy) is 1. The molecule has 0 aliphatic heterocycles. The molecule has 3 aromatic rings. The summed E-state index contributed by atoms with van der Waals surface area (Å²) in [5, 5.41) is 8.80. The molecule has 23 heavy (non-hydrogen) atoms. The van der Waals surface area contributed by atoms with Crippen molar-refractivity contribution in [1.29, 1.82) is 0 Å². The van der Waals surface area contributed by atoms with E-state index in [0.29, 0.717) is 6.61 Å². The normalized spacial score (nSPS) is 11.1. The van der Waals surface area contributed by atoms with Crippen molar-refractivity contribution < 1.29 is 4.74 Å². The van der Waals surface area contributed by atoms with E-state index in [4.69, 9.17) is 4.74 Å². The van der Waals surface area contributed by atoms with Crippen molar-refractivity contribution >= 4 is 11.3 Å². The first-order chi connectivity index (χ1) is 11.2. The first-order valence-corrected chi connectivity index (χ1v) is 8.59. The van der Waals surface area contributed by atoms with Crippen LogP contribution in [0.4, 0.5) is 0 Å². The first-order valence-electron chi connectivity index (χ1n) is 7.65. The van der Waals surface area contributed by atoms with Crippen LogP contribution in [0.15, 0.2) is 53.4 Å². The highest BCUT2D eigenvalue weighted by atomic mass is 32.1. The van der Waals surface area contributed by atoms with Gasteiger partial charge in [-0.1, -0.05) is 12.1 Å². The largest absolute Gasteiger partial charge is 0.492 e. The summed E-state index contributed by atoms with van der Waals surface area (Å²) in [6.07, 6.45) is 2.02. The van der Waals surface area contributed by atoms with Crippen LogP contribution in [0.5, 0.6) is 5.75 Å². The van der Waals surface area contributed by atoms with Crippen LogP contribution < -0.4 is 4.74 Å². The predicted octanol–water partition coefficient (Wildman–Crippen LogP) is 3.89. The Hall–Kier alpha value is -2.11. The highest BCUT2D eigenvalue weighted by molar-refractivity contribution is 7.08. The Bertz CT molecular complexity index is 736. The van der Waals surface area contributed by atoms with Gasteiger partial charge in [-0.05, 0) is 49.2 Å². The lowest BCUT2D eigenvalue weighted by molar-refractivity contribution is 0.199. The summed E-state index contributed by atoms with van der Waals surface area (Å²) in [7, 11) is 2.07. The maximum atomic E-state index is 5.79. The topological polar surface area (TPSA) is 30.3 Å². The Labute approximate surface area is 140 Å². The number of likely N-dealkylation sites (N-methyl/N-ethyl adjacent to an activating group) is 1. The third-order valence-electron chi connectivity index (χ3n) is 3.58. The minimum Gasteiger partial charge on any atom is -0.492 e. The number of aromatic nitrogens is 2. The van der Waals surface area contributed by atoms with Gasteiger partial charge in [-0.25, -0.2) is 0 Å². The molecule has 0 saturated carbocycles. The highest BCUT2D eigenvalue weighted by Crippen LogP contribution is 2.19. The second-order valence-electron chi connectivity index (χ2n) is 5.64. The third-order valence-corrected chi connectivity index (χ3v) is 4.26. The Kier molecular flexibility index (Phi) is 5.10. The minimum atomic E-state index is 0.665. The molecule has 0 radical (unpaired) electrons. The van der Waals surface area contributed by atoms with Crippen molar-refractivity contribution in [2.75, 3.05) is 20.2 Å².